The number of nitrogens with one attached hydrogen (secondary N) is 1. The van der Waals surface area contributed by atoms with Crippen LogP contribution in [0.3, 0.4) is 0 Å². The Morgan fingerprint density at radius 3 is 2.81 bits per heavy atom. The van der Waals surface area contributed by atoms with Crippen LogP contribution in [0.25, 0.3) is 6.08 Å². The van der Waals surface area contributed by atoms with Crippen LogP contribution >= 0.6 is 11.3 Å². The first-order valence-corrected chi connectivity index (χ1v) is 7.54. The normalized spacial score (nSPS) is 15.6. The Morgan fingerprint density at radius 1 is 1.33 bits per heavy atom. The second-order valence-corrected chi connectivity index (χ2v) is 6.24. The highest BCUT2D eigenvalue weighted by Gasteiger charge is 2.30. The fourth-order valence-corrected chi connectivity index (χ4v) is 2.96. The highest BCUT2D eigenvalue weighted by molar-refractivity contribution is 7.10. The van der Waals surface area contributed by atoms with Crippen LogP contribution in [0.1, 0.15) is 20.8 Å². The third kappa shape index (κ3) is 2.57. The molecular formula is C16H15NO3S. The number of ketones is 1. The summed E-state index contributed by atoms with van der Waals surface area (Å²) in [6.07, 6.45) is 1.73. The van der Waals surface area contributed by atoms with Gasteiger partial charge in [-0.25, -0.2) is 0 Å². The molecule has 0 atom stereocenters. The lowest BCUT2D eigenvalue weighted by atomic mass is 10.1. The molecule has 0 unspecified atom stereocenters. The Morgan fingerprint density at radius 2 is 2.14 bits per heavy atom. The van der Waals surface area contributed by atoms with Crippen LogP contribution < -0.4 is 14.7 Å². The number of allylic oxidation sites excluding steroid dienone is 1. The Labute approximate surface area is 126 Å². The molecule has 108 valence electrons. The summed E-state index contributed by atoms with van der Waals surface area (Å²) in [4.78, 5) is 14.4. The largest absolute Gasteiger partial charge is 0.872 e. The summed E-state index contributed by atoms with van der Waals surface area (Å²) in [5.41, 5.74) is 1.05. The molecule has 1 aromatic carbocycles. The average Bonchev–Trinajstić information content (AvgIpc) is 3.03. The van der Waals surface area contributed by atoms with Crippen molar-refractivity contribution in [1.82, 2.24) is 0 Å². The molecule has 0 saturated heterocycles. The van der Waals surface area contributed by atoms with Crippen molar-refractivity contribution in [2.24, 2.45) is 0 Å². The van der Waals surface area contributed by atoms with Gasteiger partial charge in [0.1, 0.15) is 12.3 Å². The zero-order valence-electron chi connectivity index (χ0n) is 11.8. The van der Waals surface area contributed by atoms with E-state index in [0.717, 1.165) is 9.78 Å². The fraction of sp³-hybridized carbons (Fsp3) is 0.188. The summed E-state index contributed by atoms with van der Waals surface area (Å²) in [5, 5.41) is 14.0. The van der Waals surface area contributed by atoms with E-state index in [1.165, 1.54) is 17.4 Å². The second-order valence-electron chi connectivity index (χ2n) is 5.26. The number of thiophene rings is 1. The van der Waals surface area contributed by atoms with Crippen molar-refractivity contribution in [2.45, 2.75) is 6.54 Å². The van der Waals surface area contributed by atoms with E-state index in [-0.39, 0.29) is 17.3 Å². The number of rotatable bonds is 3. The van der Waals surface area contributed by atoms with Gasteiger partial charge in [0.15, 0.2) is 5.76 Å². The standard InChI is InChI=1S/C16H15NO3S/c1-17(2)9-12-13(18)6-5-11-15(19)14(20-16(11)12)8-10-4-3-7-21-10/h3-8,18H,9H2,1-2H3/b14-8-. The molecule has 1 aromatic heterocycles. The summed E-state index contributed by atoms with van der Waals surface area (Å²) in [6.45, 7) is 0.529. The number of Topliss-reactive ketones (excluding diaryl/α,β-unsaturated/α-hetero) is 1. The van der Waals surface area contributed by atoms with E-state index in [4.69, 9.17) is 4.74 Å². The van der Waals surface area contributed by atoms with Crippen molar-refractivity contribution >= 4 is 23.2 Å². The molecule has 2 heterocycles. The third-order valence-electron chi connectivity index (χ3n) is 3.24. The molecule has 0 bridgehead atoms. The van der Waals surface area contributed by atoms with E-state index in [9.17, 15) is 9.90 Å². The first kappa shape index (κ1) is 13.9. The van der Waals surface area contributed by atoms with Gasteiger partial charge >= 0.3 is 0 Å². The number of ether oxygens (including phenoxy) is 1. The summed E-state index contributed by atoms with van der Waals surface area (Å²) >= 11 is 1.53. The summed E-state index contributed by atoms with van der Waals surface area (Å²) in [7, 11) is 3.91. The van der Waals surface area contributed by atoms with Crippen molar-refractivity contribution in [3.8, 4) is 11.5 Å². The summed E-state index contributed by atoms with van der Waals surface area (Å²) in [5.74, 6) is 0.470. The lowest BCUT2D eigenvalue weighted by Gasteiger charge is -2.17. The van der Waals surface area contributed by atoms with Crippen molar-refractivity contribution in [2.75, 3.05) is 14.1 Å². The molecule has 2 aromatic rings. The van der Waals surface area contributed by atoms with Crippen molar-refractivity contribution in [3.63, 3.8) is 0 Å². The molecule has 0 radical (unpaired) electrons. The van der Waals surface area contributed by atoms with E-state index in [1.54, 1.807) is 12.1 Å². The lowest BCUT2D eigenvalue weighted by molar-refractivity contribution is -0.872. The number of hydrogen-bond donors (Lipinski definition) is 1. The summed E-state index contributed by atoms with van der Waals surface area (Å²) in [6, 6.07) is 6.84. The van der Waals surface area contributed by atoms with Gasteiger partial charge in [0.2, 0.25) is 5.78 Å². The number of fused-ring (bicyclic) bond motifs is 1. The third-order valence-corrected chi connectivity index (χ3v) is 4.06. The molecule has 3 rings (SSSR count). The minimum absolute atomic E-state index is 0.0832. The van der Waals surface area contributed by atoms with Gasteiger partial charge in [0.05, 0.1) is 19.7 Å². The zero-order chi connectivity index (χ0) is 15.0. The SMILES string of the molecule is C[NH+](C)Cc1c([O-])ccc2c1O/C(=C\c1cccs1)C2=O. The Balaban J connectivity index is 2.03. The molecule has 1 aliphatic heterocycles. The topological polar surface area (TPSA) is 53.8 Å². The average molecular weight is 301 g/mol. The van der Waals surface area contributed by atoms with E-state index < -0.39 is 0 Å². The van der Waals surface area contributed by atoms with Crippen LogP contribution in [-0.2, 0) is 6.54 Å². The van der Waals surface area contributed by atoms with Gasteiger partial charge in [-0.2, -0.15) is 0 Å². The maximum Gasteiger partial charge on any atom is 0.232 e. The van der Waals surface area contributed by atoms with E-state index in [0.29, 0.717) is 23.4 Å². The predicted molar refractivity (Wildman–Crippen MR) is 79.7 cm³/mol. The van der Waals surface area contributed by atoms with E-state index in [2.05, 4.69) is 0 Å². The van der Waals surface area contributed by atoms with Gasteiger partial charge in [-0.3, -0.25) is 4.79 Å². The summed E-state index contributed by atoms with van der Waals surface area (Å²) < 4.78 is 5.71. The molecule has 1 aliphatic rings. The molecular weight excluding hydrogens is 286 g/mol. The number of carbonyl (C=O) groups excluding carboxylic acids is 1. The number of quaternary nitrogens is 1. The first-order chi connectivity index (χ1) is 10.1. The zero-order valence-corrected chi connectivity index (χ0v) is 12.6. The van der Waals surface area contributed by atoms with Gasteiger partial charge < -0.3 is 14.7 Å². The molecule has 0 amide bonds. The highest BCUT2D eigenvalue weighted by atomic mass is 32.1. The monoisotopic (exact) mass is 301 g/mol. The smallest absolute Gasteiger partial charge is 0.232 e. The van der Waals surface area contributed by atoms with Crippen LogP contribution in [0, 0.1) is 0 Å². The van der Waals surface area contributed by atoms with Crippen molar-refractivity contribution in [3.05, 3.63) is 51.4 Å². The lowest BCUT2D eigenvalue weighted by Crippen LogP contribution is -3.04. The molecule has 5 heteroatoms. The van der Waals surface area contributed by atoms with Gasteiger partial charge in [-0.15, -0.1) is 11.3 Å². The van der Waals surface area contributed by atoms with Crippen LogP contribution in [0.2, 0.25) is 0 Å². The van der Waals surface area contributed by atoms with Crippen molar-refractivity contribution < 1.29 is 19.5 Å². The molecule has 0 saturated carbocycles. The van der Waals surface area contributed by atoms with Gasteiger partial charge in [-0.05, 0) is 17.5 Å². The minimum atomic E-state index is -0.159. The van der Waals surface area contributed by atoms with Crippen LogP contribution in [0.4, 0.5) is 0 Å². The predicted octanol–water partition coefficient (Wildman–Crippen LogP) is 1.08. The molecule has 1 N–H and O–H groups in total. The van der Waals surface area contributed by atoms with Crippen molar-refractivity contribution in [1.29, 1.82) is 0 Å². The molecule has 0 fully saturated rings. The molecule has 4 nitrogen and oxygen atoms in total. The maximum absolute atomic E-state index is 12.4. The number of carbonyl (C=O) groups is 1. The van der Waals surface area contributed by atoms with Gasteiger partial charge in [0.25, 0.3) is 0 Å². The molecule has 0 spiro atoms. The Bertz CT molecular complexity index is 717. The van der Waals surface area contributed by atoms with Crippen LogP contribution in [0.5, 0.6) is 11.5 Å². The van der Waals surface area contributed by atoms with Gasteiger partial charge in [0, 0.05) is 16.5 Å². The molecule has 21 heavy (non-hydrogen) atoms. The van der Waals surface area contributed by atoms with Gasteiger partial charge in [-0.1, -0.05) is 17.9 Å². The van der Waals surface area contributed by atoms with Crippen LogP contribution in [0.15, 0.2) is 35.4 Å². The number of benzene rings is 1. The minimum Gasteiger partial charge on any atom is -0.872 e. The quantitative estimate of drug-likeness (QED) is 0.863. The highest BCUT2D eigenvalue weighted by Crippen LogP contribution is 2.38. The fourth-order valence-electron chi connectivity index (χ4n) is 2.31. The van der Waals surface area contributed by atoms with Crippen LogP contribution in [-0.4, -0.2) is 19.9 Å². The molecule has 0 aliphatic carbocycles. The first-order valence-electron chi connectivity index (χ1n) is 6.66. The second kappa shape index (κ2) is 5.35. The number of hydrogen-bond acceptors (Lipinski definition) is 4. The Kier molecular flexibility index (Phi) is 3.53. The maximum atomic E-state index is 12.4. The van der Waals surface area contributed by atoms with E-state index >= 15 is 0 Å². The van der Waals surface area contributed by atoms with E-state index in [1.807, 2.05) is 31.6 Å². The Hall–Kier alpha value is -2.11.